The predicted octanol–water partition coefficient (Wildman–Crippen LogP) is 6.83. The summed E-state index contributed by atoms with van der Waals surface area (Å²) in [4.78, 5) is 24.3. The molecule has 4 unspecified atom stereocenters. The highest BCUT2D eigenvalue weighted by atomic mass is 16.2. The molecule has 1 aliphatic heterocycles. The van der Waals surface area contributed by atoms with Gasteiger partial charge in [0.25, 0.3) is 11.8 Å². The van der Waals surface area contributed by atoms with Crippen LogP contribution < -0.4 is 0 Å². The van der Waals surface area contributed by atoms with Crippen molar-refractivity contribution in [2.45, 2.75) is 103 Å². The lowest BCUT2D eigenvalue weighted by Crippen LogP contribution is -2.30. The van der Waals surface area contributed by atoms with Gasteiger partial charge in [-0.2, -0.15) is 0 Å². The van der Waals surface area contributed by atoms with E-state index in [0.29, 0.717) is 6.54 Å². The molecule has 0 aromatic heterocycles. The van der Waals surface area contributed by atoms with E-state index in [0.717, 1.165) is 36.5 Å². The summed E-state index contributed by atoms with van der Waals surface area (Å²) in [6.07, 6.45) is 27.9. The minimum atomic E-state index is -0.145. The van der Waals surface area contributed by atoms with Crippen molar-refractivity contribution in [1.82, 2.24) is 4.90 Å². The maximum atomic E-state index is 11.5. The Morgan fingerprint density at radius 2 is 1.17 bits per heavy atom. The summed E-state index contributed by atoms with van der Waals surface area (Å²) < 4.78 is 0. The molecular formula is C27H43NO2. The molecule has 3 nitrogen and oxygen atoms in total. The second kappa shape index (κ2) is 12.5. The standard InChI is InChI=1S/C27H43NO2/c1-2-3-14-24-22-16-17-23(21-22)25(24)15-12-10-8-6-4-5-7-9-11-13-20-28-26(29)18-19-27(28)30/h16-19,22-25H,2-15,20-21H2,1H3. The molecule has 168 valence electrons. The van der Waals surface area contributed by atoms with Gasteiger partial charge in [-0.15, -0.1) is 0 Å². The van der Waals surface area contributed by atoms with Crippen molar-refractivity contribution in [1.29, 1.82) is 0 Å². The van der Waals surface area contributed by atoms with Gasteiger partial charge in [0, 0.05) is 18.7 Å². The SMILES string of the molecule is CCCCC1C2C=CC(C2)C1CCCCCCCCCCCCN1C(=O)C=CC1=O. The van der Waals surface area contributed by atoms with Crippen LogP contribution in [0.25, 0.3) is 0 Å². The van der Waals surface area contributed by atoms with Crippen LogP contribution >= 0.6 is 0 Å². The minimum Gasteiger partial charge on any atom is -0.275 e. The zero-order valence-electron chi connectivity index (χ0n) is 19.2. The number of nitrogens with zero attached hydrogens (tertiary/aromatic N) is 1. The van der Waals surface area contributed by atoms with Crippen LogP contribution in [0.2, 0.25) is 0 Å². The van der Waals surface area contributed by atoms with Gasteiger partial charge in [0.05, 0.1) is 0 Å². The minimum absolute atomic E-state index is 0.145. The van der Waals surface area contributed by atoms with Crippen LogP contribution in [0, 0.1) is 23.7 Å². The number of hydrogen-bond acceptors (Lipinski definition) is 2. The third-order valence-electron chi connectivity index (χ3n) is 7.76. The van der Waals surface area contributed by atoms with Crippen LogP contribution in [-0.2, 0) is 9.59 Å². The van der Waals surface area contributed by atoms with Crippen molar-refractivity contribution < 1.29 is 9.59 Å². The number of carbonyl (C=O) groups is 2. The molecule has 2 aliphatic carbocycles. The average Bonchev–Trinajstić information content (AvgIpc) is 3.43. The Bertz CT molecular complexity index is 590. The van der Waals surface area contributed by atoms with Crippen LogP contribution in [-0.4, -0.2) is 23.3 Å². The number of imide groups is 1. The number of carbonyl (C=O) groups excluding carboxylic acids is 2. The van der Waals surface area contributed by atoms with Crippen molar-refractivity contribution in [3.63, 3.8) is 0 Å². The van der Waals surface area contributed by atoms with Gasteiger partial charge in [-0.25, -0.2) is 0 Å². The lowest BCUT2D eigenvalue weighted by atomic mass is 9.77. The first kappa shape index (κ1) is 23.3. The molecule has 2 bridgehead atoms. The summed E-state index contributed by atoms with van der Waals surface area (Å²) in [5.74, 6) is 3.53. The molecule has 2 amide bonds. The van der Waals surface area contributed by atoms with Gasteiger partial charge in [0.1, 0.15) is 0 Å². The highest BCUT2D eigenvalue weighted by molar-refractivity contribution is 6.12. The topological polar surface area (TPSA) is 37.4 Å². The molecular weight excluding hydrogens is 370 g/mol. The number of fused-ring (bicyclic) bond motifs is 2. The van der Waals surface area contributed by atoms with Crippen LogP contribution in [0.3, 0.4) is 0 Å². The summed E-state index contributed by atoms with van der Waals surface area (Å²) >= 11 is 0. The summed E-state index contributed by atoms with van der Waals surface area (Å²) in [5, 5.41) is 0. The number of unbranched alkanes of at least 4 members (excludes halogenated alkanes) is 10. The summed E-state index contributed by atoms with van der Waals surface area (Å²) in [7, 11) is 0. The van der Waals surface area contributed by atoms with E-state index < -0.39 is 0 Å². The second-order valence-electron chi connectivity index (χ2n) is 9.90. The molecule has 1 heterocycles. The van der Waals surface area contributed by atoms with E-state index >= 15 is 0 Å². The summed E-state index contributed by atoms with van der Waals surface area (Å²) in [6, 6.07) is 0. The lowest BCUT2D eigenvalue weighted by Gasteiger charge is -2.28. The van der Waals surface area contributed by atoms with Crippen molar-refractivity contribution in [2.75, 3.05) is 6.54 Å². The van der Waals surface area contributed by atoms with Gasteiger partial charge in [-0.1, -0.05) is 89.7 Å². The van der Waals surface area contributed by atoms with Gasteiger partial charge < -0.3 is 0 Å². The average molecular weight is 414 g/mol. The molecule has 30 heavy (non-hydrogen) atoms. The quantitative estimate of drug-likeness (QED) is 0.158. The molecule has 0 N–H and O–H groups in total. The lowest BCUT2D eigenvalue weighted by molar-refractivity contribution is -0.136. The van der Waals surface area contributed by atoms with Crippen LogP contribution in [0.1, 0.15) is 103 Å². The highest BCUT2D eigenvalue weighted by Crippen LogP contribution is 2.51. The van der Waals surface area contributed by atoms with Gasteiger partial charge in [0.15, 0.2) is 0 Å². The third-order valence-corrected chi connectivity index (χ3v) is 7.76. The number of allylic oxidation sites excluding steroid dienone is 2. The Labute approximate surface area is 184 Å². The van der Waals surface area contributed by atoms with E-state index in [9.17, 15) is 9.59 Å². The van der Waals surface area contributed by atoms with Crippen molar-refractivity contribution in [3.8, 4) is 0 Å². The van der Waals surface area contributed by atoms with Gasteiger partial charge in [-0.05, 0) is 49.4 Å². The highest BCUT2D eigenvalue weighted by Gasteiger charge is 2.42. The molecule has 1 fully saturated rings. The first-order chi connectivity index (χ1) is 14.7. The molecule has 1 saturated carbocycles. The molecule has 0 radical (unpaired) electrons. The van der Waals surface area contributed by atoms with Gasteiger partial charge in [-0.3, -0.25) is 14.5 Å². The fourth-order valence-electron chi connectivity index (χ4n) is 6.04. The smallest absolute Gasteiger partial charge is 0.253 e. The Morgan fingerprint density at radius 1 is 0.700 bits per heavy atom. The van der Waals surface area contributed by atoms with Crippen LogP contribution in [0.15, 0.2) is 24.3 Å². The van der Waals surface area contributed by atoms with E-state index in [4.69, 9.17) is 0 Å². The Morgan fingerprint density at radius 3 is 1.70 bits per heavy atom. The maximum absolute atomic E-state index is 11.5. The van der Waals surface area contributed by atoms with Crippen molar-refractivity contribution >= 4 is 11.8 Å². The maximum Gasteiger partial charge on any atom is 0.253 e. The second-order valence-corrected chi connectivity index (χ2v) is 9.90. The first-order valence-electron chi connectivity index (χ1n) is 12.9. The van der Waals surface area contributed by atoms with E-state index in [1.54, 1.807) is 0 Å². The van der Waals surface area contributed by atoms with Crippen molar-refractivity contribution in [3.05, 3.63) is 24.3 Å². The number of hydrogen-bond donors (Lipinski definition) is 0. The summed E-state index contributed by atoms with van der Waals surface area (Å²) in [5.41, 5.74) is 0. The molecule has 0 aromatic rings. The van der Waals surface area contributed by atoms with E-state index in [2.05, 4.69) is 19.1 Å². The Balaban J connectivity index is 1.12. The van der Waals surface area contributed by atoms with E-state index in [-0.39, 0.29) is 11.8 Å². The normalized spacial score (nSPS) is 27.2. The van der Waals surface area contributed by atoms with Gasteiger partial charge in [0.2, 0.25) is 0 Å². The number of rotatable bonds is 16. The van der Waals surface area contributed by atoms with Gasteiger partial charge >= 0.3 is 0 Å². The molecule has 0 saturated heterocycles. The largest absolute Gasteiger partial charge is 0.275 e. The molecule has 0 spiro atoms. The van der Waals surface area contributed by atoms with E-state index in [1.165, 1.54) is 101 Å². The molecule has 0 aromatic carbocycles. The predicted molar refractivity (Wildman–Crippen MR) is 124 cm³/mol. The number of amides is 2. The Kier molecular flexibility index (Phi) is 9.68. The Hall–Kier alpha value is -1.38. The monoisotopic (exact) mass is 413 g/mol. The fraction of sp³-hybridized carbons (Fsp3) is 0.778. The molecule has 3 rings (SSSR count). The molecule has 3 aliphatic rings. The van der Waals surface area contributed by atoms with E-state index in [1.807, 2.05) is 0 Å². The molecule has 4 atom stereocenters. The fourth-order valence-corrected chi connectivity index (χ4v) is 6.04. The van der Waals surface area contributed by atoms with Crippen molar-refractivity contribution in [2.24, 2.45) is 23.7 Å². The summed E-state index contributed by atoms with van der Waals surface area (Å²) in [6.45, 7) is 2.91. The third kappa shape index (κ3) is 6.56. The zero-order chi connectivity index (χ0) is 21.2. The van der Waals surface area contributed by atoms with Crippen LogP contribution in [0.4, 0.5) is 0 Å². The first-order valence-corrected chi connectivity index (χ1v) is 12.9. The zero-order valence-corrected chi connectivity index (χ0v) is 19.2. The molecule has 3 heteroatoms. The van der Waals surface area contributed by atoms with Crippen LogP contribution in [0.5, 0.6) is 0 Å².